The van der Waals surface area contributed by atoms with Crippen LogP contribution in [0.4, 0.5) is 0 Å². The number of hydrogen-bond acceptors (Lipinski definition) is 6. The summed E-state index contributed by atoms with van der Waals surface area (Å²) in [6, 6.07) is 8.25. The SMILES string of the molecule is Cc1nc(C2CN(Cc3cccc(OC(C)C)c3)CCO2)no1. The summed E-state index contributed by atoms with van der Waals surface area (Å²) in [7, 11) is 0. The Morgan fingerprint density at radius 1 is 1.39 bits per heavy atom. The molecule has 1 atom stereocenters. The Bertz CT molecular complexity index is 642. The molecule has 1 aliphatic heterocycles. The van der Waals surface area contributed by atoms with Crippen LogP contribution in [0.5, 0.6) is 5.75 Å². The van der Waals surface area contributed by atoms with Gasteiger partial charge in [0.05, 0.1) is 12.7 Å². The quantitative estimate of drug-likeness (QED) is 0.845. The lowest BCUT2D eigenvalue weighted by Crippen LogP contribution is -2.38. The molecule has 1 aliphatic rings. The fourth-order valence-corrected chi connectivity index (χ4v) is 2.70. The van der Waals surface area contributed by atoms with E-state index in [2.05, 4.69) is 27.2 Å². The van der Waals surface area contributed by atoms with E-state index in [9.17, 15) is 0 Å². The average molecular weight is 317 g/mol. The Kier molecular flexibility index (Phi) is 4.93. The highest BCUT2D eigenvalue weighted by atomic mass is 16.5. The number of morpholine rings is 1. The third-order valence-corrected chi connectivity index (χ3v) is 3.66. The molecule has 2 aromatic rings. The maximum Gasteiger partial charge on any atom is 0.223 e. The first-order chi connectivity index (χ1) is 11.1. The molecule has 0 aliphatic carbocycles. The molecule has 23 heavy (non-hydrogen) atoms. The summed E-state index contributed by atoms with van der Waals surface area (Å²) in [5, 5.41) is 3.97. The standard InChI is InChI=1S/C17H23N3O3/c1-12(2)22-15-6-4-5-14(9-15)10-20-7-8-21-16(11-20)17-18-13(3)23-19-17/h4-6,9,12,16H,7-8,10-11H2,1-3H3. The van der Waals surface area contributed by atoms with E-state index in [1.165, 1.54) is 5.56 Å². The molecule has 1 unspecified atom stereocenters. The molecule has 1 aromatic carbocycles. The van der Waals surface area contributed by atoms with Crippen LogP contribution in [0.1, 0.15) is 37.2 Å². The summed E-state index contributed by atoms with van der Waals surface area (Å²) in [6.45, 7) is 9.03. The highest BCUT2D eigenvalue weighted by Crippen LogP contribution is 2.22. The number of benzene rings is 1. The number of nitrogens with zero attached hydrogens (tertiary/aromatic N) is 3. The van der Waals surface area contributed by atoms with Gasteiger partial charge in [-0.05, 0) is 31.5 Å². The van der Waals surface area contributed by atoms with Gasteiger partial charge in [0, 0.05) is 26.6 Å². The number of aromatic nitrogens is 2. The van der Waals surface area contributed by atoms with Crippen LogP contribution in [0, 0.1) is 6.92 Å². The zero-order valence-electron chi connectivity index (χ0n) is 13.9. The summed E-state index contributed by atoms with van der Waals surface area (Å²) in [5.41, 5.74) is 1.23. The second-order valence-corrected chi connectivity index (χ2v) is 6.08. The normalized spacial score (nSPS) is 19.2. The Morgan fingerprint density at radius 2 is 2.26 bits per heavy atom. The second-order valence-electron chi connectivity index (χ2n) is 6.08. The van der Waals surface area contributed by atoms with E-state index in [0.29, 0.717) is 18.3 Å². The molecule has 1 fully saturated rings. The third-order valence-electron chi connectivity index (χ3n) is 3.66. The maximum atomic E-state index is 5.77. The first-order valence-corrected chi connectivity index (χ1v) is 8.00. The van der Waals surface area contributed by atoms with Crippen molar-refractivity contribution in [3.63, 3.8) is 0 Å². The van der Waals surface area contributed by atoms with Gasteiger partial charge < -0.3 is 14.0 Å². The molecule has 2 heterocycles. The molecule has 3 rings (SSSR count). The molecule has 0 radical (unpaired) electrons. The van der Waals surface area contributed by atoms with Crippen molar-refractivity contribution in [3.8, 4) is 5.75 Å². The molecule has 1 aromatic heterocycles. The molecule has 0 saturated carbocycles. The Balaban J connectivity index is 1.63. The van der Waals surface area contributed by atoms with Crippen LogP contribution in [0.3, 0.4) is 0 Å². The Labute approximate surface area is 136 Å². The largest absolute Gasteiger partial charge is 0.491 e. The zero-order valence-corrected chi connectivity index (χ0v) is 13.9. The fraction of sp³-hybridized carbons (Fsp3) is 0.529. The van der Waals surface area contributed by atoms with E-state index in [1.807, 2.05) is 26.0 Å². The summed E-state index contributed by atoms with van der Waals surface area (Å²) in [6.07, 6.45) is 0.0517. The van der Waals surface area contributed by atoms with Crippen molar-refractivity contribution in [3.05, 3.63) is 41.5 Å². The molecule has 0 bridgehead atoms. The van der Waals surface area contributed by atoms with Gasteiger partial charge in [0.15, 0.2) is 0 Å². The number of aryl methyl sites for hydroxylation is 1. The van der Waals surface area contributed by atoms with Crippen molar-refractivity contribution < 1.29 is 14.0 Å². The van der Waals surface area contributed by atoms with Crippen molar-refractivity contribution in [1.82, 2.24) is 15.0 Å². The molecule has 6 heteroatoms. The third kappa shape index (κ3) is 4.30. The van der Waals surface area contributed by atoms with E-state index in [1.54, 1.807) is 6.92 Å². The van der Waals surface area contributed by atoms with Gasteiger partial charge in [0.25, 0.3) is 0 Å². The van der Waals surface area contributed by atoms with E-state index in [0.717, 1.165) is 25.4 Å². The van der Waals surface area contributed by atoms with E-state index in [4.69, 9.17) is 14.0 Å². The van der Waals surface area contributed by atoms with Gasteiger partial charge in [-0.25, -0.2) is 0 Å². The van der Waals surface area contributed by atoms with Crippen LogP contribution in [-0.4, -0.2) is 40.8 Å². The van der Waals surface area contributed by atoms with Gasteiger partial charge in [-0.3, -0.25) is 4.90 Å². The second kappa shape index (κ2) is 7.10. The van der Waals surface area contributed by atoms with Gasteiger partial charge >= 0.3 is 0 Å². The van der Waals surface area contributed by atoms with Crippen LogP contribution in [0.2, 0.25) is 0 Å². The molecule has 0 amide bonds. The molecule has 0 N–H and O–H groups in total. The first kappa shape index (κ1) is 16.0. The molecular formula is C17H23N3O3. The number of ether oxygens (including phenoxy) is 2. The Hall–Kier alpha value is -1.92. The summed E-state index contributed by atoms with van der Waals surface area (Å²) < 4.78 is 16.6. The Morgan fingerprint density at radius 3 is 3.00 bits per heavy atom. The molecule has 124 valence electrons. The van der Waals surface area contributed by atoms with Gasteiger partial charge in [0.1, 0.15) is 11.9 Å². The average Bonchev–Trinajstić information content (AvgIpc) is 2.94. The van der Waals surface area contributed by atoms with Crippen molar-refractivity contribution >= 4 is 0 Å². The lowest BCUT2D eigenvalue weighted by molar-refractivity contribution is -0.0380. The van der Waals surface area contributed by atoms with Crippen molar-refractivity contribution in [2.45, 2.75) is 39.5 Å². The lowest BCUT2D eigenvalue weighted by atomic mass is 10.1. The smallest absolute Gasteiger partial charge is 0.223 e. The first-order valence-electron chi connectivity index (χ1n) is 8.00. The number of hydrogen-bond donors (Lipinski definition) is 0. The molecular weight excluding hydrogens is 294 g/mol. The molecule has 1 saturated heterocycles. The molecule has 6 nitrogen and oxygen atoms in total. The van der Waals surface area contributed by atoms with Crippen molar-refractivity contribution in [2.75, 3.05) is 19.7 Å². The number of rotatable bonds is 5. The minimum absolute atomic E-state index is 0.128. The topological polar surface area (TPSA) is 60.6 Å². The van der Waals surface area contributed by atoms with Gasteiger partial charge in [-0.15, -0.1) is 0 Å². The monoisotopic (exact) mass is 317 g/mol. The summed E-state index contributed by atoms with van der Waals surface area (Å²) >= 11 is 0. The van der Waals surface area contributed by atoms with Gasteiger partial charge in [-0.1, -0.05) is 17.3 Å². The zero-order chi connectivity index (χ0) is 16.2. The van der Waals surface area contributed by atoms with Crippen LogP contribution in [-0.2, 0) is 11.3 Å². The summed E-state index contributed by atoms with van der Waals surface area (Å²) in [4.78, 5) is 6.61. The fourth-order valence-electron chi connectivity index (χ4n) is 2.70. The highest BCUT2D eigenvalue weighted by molar-refractivity contribution is 5.28. The van der Waals surface area contributed by atoms with Crippen LogP contribution < -0.4 is 4.74 Å². The minimum atomic E-state index is -0.128. The highest BCUT2D eigenvalue weighted by Gasteiger charge is 2.25. The van der Waals surface area contributed by atoms with Gasteiger partial charge in [-0.2, -0.15) is 4.98 Å². The van der Waals surface area contributed by atoms with E-state index < -0.39 is 0 Å². The summed E-state index contributed by atoms with van der Waals surface area (Å²) in [5.74, 6) is 2.11. The van der Waals surface area contributed by atoms with Crippen LogP contribution in [0.15, 0.2) is 28.8 Å². The van der Waals surface area contributed by atoms with Crippen LogP contribution >= 0.6 is 0 Å². The van der Waals surface area contributed by atoms with E-state index >= 15 is 0 Å². The van der Waals surface area contributed by atoms with Gasteiger partial charge in [0.2, 0.25) is 11.7 Å². The maximum absolute atomic E-state index is 5.77. The molecule has 0 spiro atoms. The van der Waals surface area contributed by atoms with E-state index in [-0.39, 0.29) is 12.2 Å². The predicted octanol–water partition coefficient (Wildman–Crippen LogP) is 2.74. The van der Waals surface area contributed by atoms with Crippen LogP contribution in [0.25, 0.3) is 0 Å². The predicted molar refractivity (Wildman–Crippen MR) is 85.2 cm³/mol. The van der Waals surface area contributed by atoms with Crippen molar-refractivity contribution in [2.24, 2.45) is 0 Å². The minimum Gasteiger partial charge on any atom is -0.491 e. The lowest BCUT2D eigenvalue weighted by Gasteiger charge is -2.31. The van der Waals surface area contributed by atoms with Crippen molar-refractivity contribution in [1.29, 1.82) is 0 Å².